The molecular weight excluding hydrogens is 238 g/mol. The summed E-state index contributed by atoms with van der Waals surface area (Å²) in [4.78, 5) is 14.8. The van der Waals surface area contributed by atoms with Crippen molar-refractivity contribution in [2.75, 3.05) is 19.6 Å². The molecule has 0 bridgehead atoms. The maximum atomic E-state index is 12.3. The molecule has 4 heteroatoms. The number of hydrogen-bond donors (Lipinski definition) is 2. The summed E-state index contributed by atoms with van der Waals surface area (Å²) in [6.07, 6.45) is 5.75. The second-order valence-corrected chi connectivity index (χ2v) is 6.62. The molecule has 2 rings (SSSR count). The number of hydrogen-bond acceptors (Lipinski definition) is 3. The Morgan fingerprint density at radius 1 is 1.37 bits per heavy atom. The van der Waals surface area contributed by atoms with Gasteiger partial charge in [0.05, 0.1) is 5.92 Å². The minimum absolute atomic E-state index is 0.0124. The van der Waals surface area contributed by atoms with Crippen molar-refractivity contribution in [3.05, 3.63) is 0 Å². The van der Waals surface area contributed by atoms with Crippen LogP contribution >= 0.6 is 0 Å². The lowest BCUT2D eigenvalue weighted by Gasteiger charge is -2.35. The third-order valence-corrected chi connectivity index (χ3v) is 4.58. The number of nitrogens with zero attached hydrogens (tertiary/aromatic N) is 1. The van der Waals surface area contributed by atoms with E-state index in [4.69, 9.17) is 5.73 Å². The smallest absolute Gasteiger partial charge is 0.224 e. The van der Waals surface area contributed by atoms with Crippen LogP contribution < -0.4 is 11.1 Å². The second kappa shape index (κ2) is 6.71. The van der Waals surface area contributed by atoms with Crippen LogP contribution in [0, 0.1) is 11.8 Å². The first kappa shape index (κ1) is 14.8. The van der Waals surface area contributed by atoms with Gasteiger partial charge in [0.25, 0.3) is 0 Å². The lowest BCUT2D eigenvalue weighted by Crippen LogP contribution is -2.49. The summed E-state index contributed by atoms with van der Waals surface area (Å²) in [5.74, 6) is 0.685. The fourth-order valence-corrected chi connectivity index (χ4v) is 3.55. The van der Waals surface area contributed by atoms with Crippen molar-refractivity contribution in [3.8, 4) is 0 Å². The van der Waals surface area contributed by atoms with E-state index in [0.717, 1.165) is 25.8 Å². The van der Waals surface area contributed by atoms with Crippen molar-refractivity contribution >= 4 is 5.91 Å². The van der Waals surface area contributed by atoms with Crippen LogP contribution in [0.2, 0.25) is 0 Å². The molecule has 0 spiro atoms. The van der Waals surface area contributed by atoms with Crippen LogP contribution in [0.3, 0.4) is 0 Å². The molecule has 2 aliphatic heterocycles. The van der Waals surface area contributed by atoms with E-state index in [1.54, 1.807) is 0 Å². The van der Waals surface area contributed by atoms with Gasteiger partial charge >= 0.3 is 0 Å². The molecule has 4 nitrogen and oxygen atoms in total. The molecule has 3 atom stereocenters. The van der Waals surface area contributed by atoms with Gasteiger partial charge in [-0.3, -0.25) is 4.79 Å². The van der Waals surface area contributed by atoms with Gasteiger partial charge in [-0.15, -0.1) is 0 Å². The van der Waals surface area contributed by atoms with Crippen molar-refractivity contribution in [1.82, 2.24) is 10.2 Å². The molecule has 2 saturated heterocycles. The van der Waals surface area contributed by atoms with E-state index in [-0.39, 0.29) is 11.8 Å². The summed E-state index contributed by atoms with van der Waals surface area (Å²) in [5.41, 5.74) is 5.74. The Labute approximate surface area is 117 Å². The van der Waals surface area contributed by atoms with Crippen LogP contribution in [0.25, 0.3) is 0 Å². The first-order valence-electron chi connectivity index (χ1n) is 7.84. The average Bonchev–Trinajstić information content (AvgIpc) is 2.82. The number of rotatable bonds is 5. The molecular formula is C15H29N3O. The van der Waals surface area contributed by atoms with Crippen LogP contribution in [0.5, 0.6) is 0 Å². The minimum atomic E-state index is -0.0124. The molecule has 0 saturated carbocycles. The van der Waals surface area contributed by atoms with E-state index in [1.165, 1.54) is 19.4 Å². The van der Waals surface area contributed by atoms with Gasteiger partial charge in [-0.2, -0.15) is 0 Å². The van der Waals surface area contributed by atoms with Crippen LogP contribution in [0.4, 0.5) is 0 Å². The summed E-state index contributed by atoms with van der Waals surface area (Å²) >= 11 is 0. The number of amides is 1. The quantitative estimate of drug-likeness (QED) is 0.790. The van der Waals surface area contributed by atoms with Crippen LogP contribution in [-0.4, -0.2) is 42.5 Å². The van der Waals surface area contributed by atoms with Gasteiger partial charge in [0.1, 0.15) is 0 Å². The summed E-state index contributed by atoms with van der Waals surface area (Å²) in [6, 6.07) is 1.08. The van der Waals surface area contributed by atoms with Crippen molar-refractivity contribution in [2.45, 2.75) is 58.0 Å². The summed E-state index contributed by atoms with van der Waals surface area (Å²) in [7, 11) is 0. The lowest BCUT2D eigenvalue weighted by atomic mass is 9.94. The molecule has 0 aromatic rings. The van der Waals surface area contributed by atoms with E-state index < -0.39 is 0 Å². The average molecular weight is 267 g/mol. The van der Waals surface area contributed by atoms with Crippen LogP contribution in [-0.2, 0) is 4.79 Å². The molecule has 0 aromatic carbocycles. The van der Waals surface area contributed by atoms with E-state index in [0.29, 0.717) is 24.5 Å². The summed E-state index contributed by atoms with van der Waals surface area (Å²) in [6.45, 7) is 7.16. The summed E-state index contributed by atoms with van der Waals surface area (Å²) in [5, 5.41) is 3.24. The van der Waals surface area contributed by atoms with Crippen molar-refractivity contribution < 1.29 is 4.79 Å². The predicted molar refractivity (Wildman–Crippen MR) is 77.8 cm³/mol. The monoisotopic (exact) mass is 267 g/mol. The zero-order valence-electron chi connectivity index (χ0n) is 12.4. The Morgan fingerprint density at radius 3 is 2.84 bits per heavy atom. The molecule has 2 aliphatic rings. The number of nitrogens with one attached hydrogen (secondary N) is 1. The number of nitrogens with two attached hydrogens (primary N) is 1. The van der Waals surface area contributed by atoms with Gasteiger partial charge in [0.2, 0.25) is 5.91 Å². The molecule has 19 heavy (non-hydrogen) atoms. The van der Waals surface area contributed by atoms with Crippen LogP contribution in [0.15, 0.2) is 0 Å². The first-order valence-corrected chi connectivity index (χ1v) is 7.84. The number of fused-ring (bicyclic) bond motifs is 1. The van der Waals surface area contributed by atoms with Crippen molar-refractivity contribution in [2.24, 2.45) is 17.6 Å². The zero-order valence-corrected chi connectivity index (χ0v) is 12.4. The molecule has 110 valence electrons. The van der Waals surface area contributed by atoms with Gasteiger partial charge in [-0.05, 0) is 44.6 Å². The van der Waals surface area contributed by atoms with Gasteiger partial charge < -0.3 is 16.0 Å². The predicted octanol–water partition coefficient (Wildman–Crippen LogP) is 1.35. The Bertz CT molecular complexity index is 306. The Hall–Kier alpha value is -0.610. The second-order valence-electron chi connectivity index (χ2n) is 6.62. The molecule has 2 heterocycles. The number of piperidine rings is 1. The highest BCUT2D eigenvalue weighted by molar-refractivity contribution is 5.79. The van der Waals surface area contributed by atoms with Gasteiger partial charge in [-0.1, -0.05) is 13.8 Å². The molecule has 2 fully saturated rings. The van der Waals surface area contributed by atoms with E-state index >= 15 is 0 Å². The maximum Gasteiger partial charge on any atom is 0.224 e. The van der Waals surface area contributed by atoms with E-state index in [2.05, 4.69) is 24.1 Å². The normalized spacial score (nSPS) is 29.3. The lowest BCUT2D eigenvalue weighted by molar-refractivity contribution is -0.126. The highest BCUT2D eigenvalue weighted by atomic mass is 16.1. The topological polar surface area (TPSA) is 58.4 Å². The minimum Gasteiger partial charge on any atom is -0.353 e. The highest BCUT2D eigenvalue weighted by Crippen LogP contribution is 2.27. The molecule has 0 aromatic heterocycles. The van der Waals surface area contributed by atoms with E-state index in [9.17, 15) is 4.79 Å². The number of carbonyl (C=O) groups excluding carboxylic acids is 1. The number of carbonyl (C=O) groups is 1. The molecule has 0 aliphatic carbocycles. The van der Waals surface area contributed by atoms with Gasteiger partial charge in [0, 0.05) is 25.2 Å². The van der Waals surface area contributed by atoms with Gasteiger partial charge in [0.15, 0.2) is 0 Å². The SMILES string of the molecule is CC(C)CC(CN)C(=O)NC1CCN2CCCC2C1. The fraction of sp³-hybridized carbons (Fsp3) is 0.933. The Balaban J connectivity index is 1.81. The first-order chi connectivity index (χ1) is 9.10. The van der Waals surface area contributed by atoms with E-state index in [1.807, 2.05) is 0 Å². The fourth-order valence-electron chi connectivity index (χ4n) is 3.55. The van der Waals surface area contributed by atoms with Crippen molar-refractivity contribution in [3.63, 3.8) is 0 Å². The maximum absolute atomic E-state index is 12.3. The molecule has 3 N–H and O–H groups in total. The zero-order chi connectivity index (χ0) is 13.8. The largest absolute Gasteiger partial charge is 0.353 e. The molecule has 0 radical (unpaired) electrons. The standard InChI is InChI=1S/C15H29N3O/c1-11(2)8-12(10-16)15(19)17-13-5-7-18-6-3-4-14(18)9-13/h11-14H,3-10,16H2,1-2H3,(H,17,19). The van der Waals surface area contributed by atoms with Crippen molar-refractivity contribution in [1.29, 1.82) is 0 Å². The Kier molecular flexibility index (Phi) is 5.22. The third-order valence-electron chi connectivity index (χ3n) is 4.58. The highest BCUT2D eigenvalue weighted by Gasteiger charge is 2.33. The molecule has 1 amide bonds. The van der Waals surface area contributed by atoms with Gasteiger partial charge in [-0.25, -0.2) is 0 Å². The Morgan fingerprint density at radius 2 is 2.16 bits per heavy atom. The third kappa shape index (κ3) is 3.93. The van der Waals surface area contributed by atoms with Crippen LogP contribution in [0.1, 0.15) is 46.0 Å². The summed E-state index contributed by atoms with van der Waals surface area (Å²) < 4.78 is 0. The molecule has 3 unspecified atom stereocenters.